The highest BCUT2D eigenvalue weighted by atomic mass is 19.4. The maximum absolute atomic E-state index is 12.8. The van der Waals surface area contributed by atoms with Crippen LogP contribution in [0.3, 0.4) is 0 Å². The molecule has 28 heavy (non-hydrogen) atoms. The molecule has 5 nitrogen and oxygen atoms in total. The second kappa shape index (κ2) is 8.08. The molecule has 0 saturated carbocycles. The highest BCUT2D eigenvalue weighted by molar-refractivity contribution is 5.90. The predicted molar refractivity (Wildman–Crippen MR) is 94.5 cm³/mol. The van der Waals surface area contributed by atoms with Crippen LogP contribution in [0.25, 0.3) is 11.3 Å². The van der Waals surface area contributed by atoms with E-state index < -0.39 is 23.8 Å². The lowest BCUT2D eigenvalue weighted by Crippen LogP contribution is -2.42. The Hall–Kier alpha value is -2.77. The van der Waals surface area contributed by atoms with Crippen LogP contribution in [-0.2, 0) is 15.7 Å². The number of furan rings is 1. The van der Waals surface area contributed by atoms with Gasteiger partial charge in [0.15, 0.2) is 6.10 Å². The molecule has 2 heterocycles. The summed E-state index contributed by atoms with van der Waals surface area (Å²) in [7, 11) is 0. The summed E-state index contributed by atoms with van der Waals surface area (Å²) in [6.07, 6.45) is -2.53. The Morgan fingerprint density at radius 3 is 2.50 bits per heavy atom. The van der Waals surface area contributed by atoms with Gasteiger partial charge in [0.1, 0.15) is 5.76 Å². The molecule has 1 aliphatic rings. The van der Waals surface area contributed by atoms with Gasteiger partial charge in [-0.25, -0.2) is 4.79 Å². The van der Waals surface area contributed by atoms with Crippen LogP contribution >= 0.6 is 0 Å². The average molecular weight is 395 g/mol. The van der Waals surface area contributed by atoms with Crippen LogP contribution in [0.1, 0.15) is 42.3 Å². The van der Waals surface area contributed by atoms with E-state index >= 15 is 0 Å². The summed E-state index contributed by atoms with van der Waals surface area (Å²) in [4.78, 5) is 26.2. The van der Waals surface area contributed by atoms with Crippen molar-refractivity contribution in [3.8, 4) is 11.3 Å². The fourth-order valence-electron chi connectivity index (χ4n) is 3.09. The molecule has 0 N–H and O–H groups in total. The number of likely N-dealkylation sites (tertiary alicyclic amines) is 1. The number of hydrogen-bond donors (Lipinski definition) is 0. The second-order valence-electron chi connectivity index (χ2n) is 6.68. The smallest absolute Gasteiger partial charge is 0.416 e. The van der Waals surface area contributed by atoms with E-state index in [4.69, 9.17) is 9.15 Å². The van der Waals surface area contributed by atoms with Gasteiger partial charge in [-0.15, -0.1) is 0 Å². The predicted octanol–water partition coefficient (Wildman–Crippen LogP) is 4.52. The molecule has 2 aromatic rings. The lowest BCUT2D eigenvalue weighted by molar-refractivity contribution is -0.140. The van der Waals surface area contributed by atoms with Crippen molar-refractivity contribution in [1.82, 2.24) is 4.90 Å². The van der Waals surface area contributed by atoms with Crippen molar-refractivity contribution in [2.45, 2.75) is 38.5 Å². The summed E-state index contributed by atoms with van der Waals surface area (Å²) >= 11 is 0. The Morgan fingerprint density at radius 2 is 1.82 bits per heavy atom. The third-order valence-corrected chi connectivity index (χ3v) is 4.58. The Morgan fingerprint density at radius 1 is 1.11 bits per heavy atom. The number of halogens is 3. The molecule has 1 fully saturated rings. The number of hydrogen-bond acceptors (Lipinski definition) is 4. The van der Waals surface area contributed by atoms with E-state index in [1.165, 1.54) is 31.2 Å². The van der Waals surface area contributed by atoms with E-state index in [1.54, 1.807) is 4.90 Å². The van der Waals surface area contributed by atoms with Crippen molar-refractivity contribution in [2.75, 3.05) is 13.1 Å². The van der Waals surface area contributed by atoms with E-state index in [0.717, 1.165) is 31.4 Å². The van der Waals surface area contributed by atoms with Crippen LogP contribution in [0, 0.1) is 0 Å². The van der Waals surface area contributed by atoms with Gasteiger partial charge >= 0.3 is 12.1 Å². The van der Waals surface area contributed by atoms with Gasteiger partial charge in [0.2, 0.25) is 5.76 Å². The van der Waals surface area contributed by atoms with Crippen molar-refractivity contribution in [3.05, 3.63) is 47.7 Å². The molecular weight excluding hydrogens is 375 g/mol. The summed E-state index contributed by atoms with van der Waals surface area (Å²) in [6.45, 7) is 2.77. The zero-order valence-corrected chi connectivity index (χ0v) is 15.3. The summed E-state index contributed by atoms with van der Waals surface area (Å²) < 4.78 is 49.1. The Labute approximate surface area is 160 Å². The highest BCUT2D eigenvalue weighted by Crippen LogP contribution is 2.32. The number of piperidine rings is 1. The summed E-state index contributed by atoms with van der Waals surface area (Å²) in [5.41, 5.74) is -0.627. The van der Waals surface area contributed by atoms with Crippen LogP contribution in [-0.4, -0.2) is 36.0 Å². The minimum atomic E-state index is -4.48. The van der Waals surface area contributed by atoms with Gasteiger partial charge < -0.3 is 14.1 Å². The van der Waals surface area contributed by atoms with Crippen LogP contribution in [0.4, 0.5) is 13.2 Å². The fourth-order valence-corrected chi connectivity index (χ4v) is 3.09. The van der Waals surface area contributed by atoms with E-state index in [9.17, 15) is 22.8 Å². The maximum atomic E-state index is 12.8. The molecule has 0 bridgehead atoms. The first kappa shape index (κ1) is 20.0. The first-order chi connectivity index (χ1) is 13.3. The zero-order valence-electron chi connectivity index (χ0n) is 15.3. The first-order valence-corrected chi connectivity index (χ1v) is 9.03. The number of benzene rings is 1. The third-order valence-electron chi connectivity index (χ3n) is 4.58. The Balaban J connectivity index is 1.68. The lowest BCUT2D eigenvalue weighted by atomic mass is 10.1. The normalized spacial score (nSPS) is 15.9. The molecular formula is C20H20F3NO4. The van der Waals surface area contributed by atoms with E-state index in [0.29, 0.717) is 13.1 Å². The second-order valence-corrected chi connectivity index (χ2v) is 6.68. The molecule has 1 aromatic carbocycles. The summed E-state index contributed by atoms with van der Waals surface area (Å²) in [5.74, 6) is -1.17. The average Bonchev–Trinajstić information content (AvgIpc) is 3.18. The van der Waals surface area contributed by atoms with Gasteiger partial charge in [-0.05, 0) is 50.5 Å². The number of ether oxygens (including phenoxy) is 1. The monoisotopic (exact) mass is 395 g/mol. The number of carbonyl (C=O) groups is 2. The minimum Gasteiger partial charge on any atom is -0.449 e. The zero-order chi connectivity index (χ0) is 20.3. The lowest BCUT2D eigenvalue weighted by Gasteiger charge is -2.28. The largest absolute Gasteiger partial charge is 0.449 e. The molecule has 8 heteroatoms. The fraction of sp³-hybridized carbons (Fsp3) is 0.400. The quantitative estimate of drug-likeness (QED) is 0.714. The third kappa shape index (κ3) is 4.55. The summed E-state index contributed by atoms with van der Waals surface area (Å²) in [6, 6.07) is 7.31. The SMILES string of the molecule is C[C@@H](OC(=O)c1ccc(-c2cccc(C(F)(F)F)c2)o1)C(=O)N1CCCCC1. The summed E-state index contributed by atoms with van der Waals surface area (Å²) in [5, 5.41) is 0. The molecule has 1 saturated heterocycles. The maximum Gasteiger partial charge on any atom is 0.416 e. The first-order valence-electron chi connectivity index (χ1n) is 9.03. The molecule has 0 unspecified atom stereocenters. The van der Waals surface area contributed by atoms with E-state index in [1.807, 2.05) is 0 Å². The Kier molecular flexibility index (Phi) is 5.76. The van der Waals surface area contributed by atoms with Gasteiger partial charge in [0.25, 0.3) is 5.91 Å². The highest BCUT2D eigenvalue weighted by Gasteiger charge is 2.31. The molecule has 3 rings (SSSR count). The number of esters is 1. The van der Waals surface area contributed by atoms with E-state index in [-0.39, 0.29) is 23.0 Å². The minimum absolute atomic E-state index is 0.105. The van der Waals surface area contributed by atoms with Crippen LogP contribution in [0.15, 0.2) is 40.8 Å². The van der Waals surface area contributed by atoms with Crippen LogP contribution in [0.5, 0.6) is 0 Å². The van der Waals surface area contributed by atoms with E-state index in [2.05, 4.69) is 0 Å². The topological polar surface area (TPSA) is 59.8 Å². The number of amides is 1. The van der Waals surface area contributed by atoms with Crippen molar-refractivity contribution in [2.24, 2.45) is 0 Å². The molecule has 0 spiro atoms. The van der Waals surface area contributed by atoms with Gasteiger partial charge in [-0.3, -0.25) is 4.79 Å². The molecule has 1 aromatic heterocycles. The van der Waals surface area contributed by atoms with Gasteiger partial charge in [-0.2, -0.15) is 13.2 Å². The van der Waals surface area contributed by atoms with Crippen molar-refractivity contribution in [3.63, 3.8) is 0 Å². The number of nitrogens with zero attached hydrogens (tertiary/aromatic N) is 1. The van der Waals surface area contributed by atoms with Gasteiger partial charge in [-0.1, -0.05) is 12.1 Å². The standard InChI is InChI=1S/C20H20F3NO4/c1-13(18(25)24-10-3-2-4-11-24)27-19(26)17-9-8-16(28-17)14-6-5-7-15(12-14)20(21,22)23/h5-9,12-13H,2-4,10-11H2,1H3/t13-/m1/s1. The van der Waals surface area contributed by atoms with Crippen molar-refractivity contribution >= 4 is 11.9 Å². The molecule has 1 amide bonds. The van der Waals surface area contributed by atoms with Gasteiger partial charge in [0.05, 0.1) is 5.56 Å². The molecule has 0 aliphatic carbocycles. The number of alkyl halides is 3. The molecule has 150 valence electrons. The number of rotatable bonds is 4. The molecule has 0 radical (unpaired) electrons. The van der Waals surface area contributed by atoms with Crippen molar-refractivity contribution < 1.29 is 31.9 Å². The Bertz CT molecular complexity index is 853. The van der Waals surface area contributed by atoms with Crippen LogP contribution in [0.2, 0.25) is 0 Å². The number of carbonyl (C=O) groups excluding carboxylic acids is 2. The molecule has 1 aliphatic heterocycles. The molecule has 1 atom stereocenters. The van der Waals surface area contributed by atoms with Crippen LogP contribution < -0.4 is 0 Å². The van der Waals surface area contributed by atoms with Gasteiger partial charge in [0, 0.05) is 18.7 Å². The van der Waals surface area contributed by atoms with Crippen molar-refractivity contribution in [1.29, 1.82) is 0 Å².